The largest absolute Gasteiger partial charge is 0.462 e. The van der Waals surface area contributed by atoms with Gasteiger partial charge in [0.25, 0.3) is 0 Å². The highest BCUT2D eigenvalue weighted by atomic mass is 79.9. The molecule has 0 saturated heterocycles. The Morgan fingerprint density at radius 1 is 1.12 bits per heavy atom. The van der Waals surface area contributed by atoms with Crippen LogP contribution in [0.2, 0.25) is 0 Å². The Hall–Kier alpha value is -2.80. The average molecular weight is 417 g/mol. The number of esters is 1. The van der Waals surface area contributed by atoms with Crippen LogP contribution in [0.1, 0.15) is 22.8 Å². The van der Waals surface area contributed by atoms with Gasteiger partial charge in [-0.2, -0.15) is 0 Å². The molecule has 2 N–H and O–H groups in total. The highest BCUT2D eigenvalue weighted by Gasteiger charge is 2.22. The van der Waals surface area contributed by atoms with E-state index in [0.717, 1.165) is 10.0 Å². The molecule has 0 atom stereocenters. The van der Waals surface area contributed by atoms with Gasteiger partial charge in [0.05, 0.1) is 6.61 Å². The fraction of sp³-hybridized carbons (Fsp3) is 0.158. The molecule has 3 rings (SSSR count). The van der Waals surface area contributed by atoms with Crippen molar-refractivity contribution in [3.05, 3.63) is 64.1 Å². The number of hydrogen-bond acceptors (Lipinski definition) is 4. The molecule has 7 heteroatoms. The SMILES string of the molecule is CCOC(=O)c1c(NC(=O)OCc2ccccc2)[nH]c2ccc(Br)cc12. The second-order valence-corrected chi connectivity index (χ2v) is 6.39. The molecule has 0 aliphatic heterocycles. The topological polar surface area (TPSA) is 80.4 Å². The molecule has 0 aliphatic carbocycles. The Morgan fingerprint density at radius 3 is 2.62 bits per heavy atom. The van der Waals surface area contributed by atoms with Crippen LogP contribution >= 0.6 is 15.9 Å². The molecule has 26 heavy (non-hydrogen) atoms. The van der Waals surface area contributed by atoms with Crippen molar-refractivity contribution in [1.29, 1.82) is 0 Å². The smallest absolute Gasteiger partial charge is 0.413 e. The molecule has 0 radical (unpaired) electrons. The minimum Gasteiger partial charge on any atom is -0.462 e. The molecule has 0 bridgehead atoms. The highest BCUT2D eigenvalue weighted by Crippen LogP contribution is 2.29. The van der Waals surface area contributed by atoms with Crippen LogP contribution in [0, 0.1) is 0 Å². The number of aromatic nitrogens is 1. The standard InChI is InChI=1S/C19H17BrN2O4/c1-2-25-18(23)16-14-10-13(20)8-9-15(14)21-17(16)22-19(24)26-11-12-6-4-3-5-7-12/h3-10,21H,2,11H2,1H3,(H,22,24). The van der Waals surface area contributed by atoms with Crippen LogP contribution in [0.4, 0.5) is 10.6 Å². The first kappa shape index (κ1) is 18.0. The molecule has 0 fully saturated rings. The number of halogens is 1. The number of nitrogens with one attached hydrogen (secondary N) is 2. The summed E-state index contributed by atoms with van der Waals surface area (Å²) in [6, 6.07) is 14.8. The van der Waals surface area contributed by atoms with Crippen LogP contribution < -0.4 is 5.32 Å². The number of amides is 1. The maximum Gasteiger partial charge on any atom is 0.413 e. The Balaban J connectivity index is 1.83. The van der Waals surface area contributed by atoms with Gasteiger partial charge < -0.3 is 14.5 Å². The zero-order valence-corrected chi connectivity index (χ0v) is 15.6. The van der Waals surface area contributed by atoms with Crippen LogP contribution in [-0.2, 0) is 16.1 Å². The number of rotatable bonds is 5. The number of benzene rings is 2. The molecule has 0 saturated carbocycles. The van der Waals surface area contributed by atoms with Gasteiger partial charge in [-0.1, -0.05) is 46.3 Å². The predicted molar refractivity (Wildman–Crippen MR) is 102 cm³/mol. The van der Waals surface area contributed by atoms with Crippen LogP contribution in [0.5, 0.6) is 0 Å². The van der Waals surface area contributed by atoms with Crippen molar-refractivity contribution < 1.29 is 19.1 Å². The minimum absolute atomic E-state index is 0.132. The fourth-order valence-corrected chi connectivity index (χ4v) is 2.90. The van der Waals surface area contributed by atoms with Gasteiger partial charge in [-0.15, -0.1) is 0 Å². The molecule has 3 aromatic rings. The second-order valence-electron chi connectivity index (χ2n) is 5.47. The van der Waals surface area contributed by atoms with E-state index >= 15 is 0 Å². The van der Waals surface area contributed by atoms with E-state index in [2.05, 4.69) is 26.2 Å². The summed E-state index contributed by atoms with van der Waals surface area (Å²) in [6.45, 7) is 2.09. The number of carbonyl (C=O) groups is 2. The summed E-state index contributed by atoms with van der Waals surface area (Å²) in [6.07, 6.45) is -0.662. The van der Waals surface area contributed by atoms with E-state index in [4.69, 9.17) is 9.47 Å². The molecule has 0 spiro atoms. The predicted octanol–water partition coefficient (Wildman–Crippen LogP) is 4.86. The summed E-state index contributed by atoms with van der Waals surface area (Å²) in [7, 11) is 0. The third kappa shape index (κ3) is 4.05. The first-order valence-electron chi connectivity index (χ1n) is 8.04. The van der Waals surface area contributed by atoms with Crippen LogP contribution in [0.15, 0.2) is 53.0 Å². The normalized spacial score (nSPS) is 10.5. The molecule has 1 heterocycles. The number of hydrogen-bond donors (Lipinski definition) is 2. The van der Waals surface area contributed by atoms with Gasteiger partial charge in [-0.3, -0.25) is 5.32 Å². The highest BCUT2D eigenvalue weighted by molar-refractivity contribution is 9.10. The van der Waals surface area contributed by atoms with Crippen LogP contribution in [-0.4, -0.2) is 23.7 Å². The number of carbonyl (C=O) groups excluding carboxylic acids is 2. The molecule has 134 valence electrons. The van der Waals surface area contributed by atoms with Crippen molar-refractivity contribution in [3.8, 4) is 0 Å². The van der Waals surface area contributed by atoms with Crippen molar-refractivity contribution in [3.63, 3.8) is 0 Å². The summed E-state index contributed by atoms with van der Waals surface area (Å²) in [5.41, 5.74) is 1.84. The average Bonchev–Trinajstić information content (AvgIpc) is 2.98. The quantitative estimate of drug-likeness (QED) is 0.582. The number of ether oxygens (including phenoxy) is 2. The Labute approximate surface area is 158 Å². The van der Waals surface area contributed by atoms with E-state index in [-0.39, 0.29) is 24.6 Å². The molecular weight excluding hydrogens is 400 g/mol. The summed E-state index contributed by atoms with van der Waals surface area (Å²) < 4.78 is 11.1. The fourth-order valence-electron chi connectivity index (χ4n) is 2.53. The van der Waals surface area contributed by atoms with Crippen molar-refractivity contribution in [2.75, 3.05) is 11.9 Å². The summed E-state index contributed by atoms with van der Waals surface area (Å²) in [5, 5.41) is 3.25. The Kier molecular flexibility index (Phi) is 5.58. The van der Waals surface area contributed by atoms with E-state index in [0.29, 0.717) is 10.9 Å². The molecule has 1 aromatic heterocycles. The lowest BCUT2D eigenvalue weighted by Crippen LogP contribution is -2.16. The van der Waals surface area contributed by atoms with Crippen molar-refractivity contribution in [1.82, 2.24) is 4.98 Å². The summed E-state index contributed by atoms with van der Waals surface area (Å²) >= 11 is 3.39. The summed E-state index contributed by atoms with van der Waals surface area (Å²) in [5.74, 6) is -0.273. The van der Waals surface area contributed by atoms with Gasteiger partial charge in [-0.25, -0.2) is 9.59 Å². The zero-order chi connectivity index (χ0) is 18.5. The Bertz CT molecular complexity index is 937. The zero-order valence-electron chi connectivity index (χ0n) is 14.0. The number of fused-ring (bicyclic) bond motifs is 1. The molecule has 2 aromatic carbocycles. The third-order valence-corrected chi connectivity index (χ3v) is 4.17. The van der Waals surface area contributed by atoms with Gasteiger partial charge in [0.15, 0.2) is 0 Å². The van der Waals surface area contributed by atoms with E-state index < -0.39 is 12.1 Å². The maximum absolute atomic E-state index is 12.4. The van der Waals surface area contributed by atoms with Crippen molar-refractivity contribution in [2.24, 2.45) is 0 Å². The summed E-state index contributed by atoms with van der Waals surface area (Å²) in [4.78, 5) is 27.5. The van der Waals surface area contributed by atoms with E-state index in [1.54, 1.807) is 13.0 Å². The van der Waals surface area contributed by atoms with Gasteiger partial charge >= 0.3 is 12.1 Å². The molecule has 6 nitrogen and oxygen atoms in total. The molecular formula is C19H17BrN2O4. The lowest BCUT2D eigenvalue weighted by Gasteiger charge is -2.08. The second kappa shape index (κ2) is 8.05. The molecule has 0 aliphatic rings. The lowest BCUT2D eigenvalue weighted by molar-refractivity contribution is 0.0530. The number of aromatic amines is 1. The van der Waals surface area contributed by atoms with Crippen LogP contribution in [0.25, 0.3) is 10.9 Å². The lowest BCUT2D eigenvalue weighted by atomic mass is 10.1. The van der Waals surface area contributed by atoms with Gasteiger partial charge in [0.1, 0.15) is 18.0 Å². The van der Waals surface area contributed by atoms with E-state index in [1.807, 2.05) is 42.5 Å². The van der Waals surface area contributed by atoms with Crippen molar-refractivity contribution >= 4 is 44.7 Å². The van der Waals surface area contributed by atoms with Gasteiger partial charge in [0.2, 0.25) is 0 Å². The van der Waals surface area contributed by atoms with E-state index in [9.17, 15) is 9.59 Å². The monoisotopic (exact) mass is 416 g/mol. The molecule has 1 amide bonds. The Morgan fingerprint density at radius 2 is 1.88 bits per heavy atom. The van der Waals surface area contributed by atoms with Crippen molar-refractivity contribution in [2.45, 2.75) is 13.5 Å². The number of H-pyrrole nitrogens is 1. The first-order valence-corrected chi connectivity index (χ1v) is 8.84. The van der Waals surface area contributed by atoms with Gasteiger partial charge in [0, 0.05) is 15.4 Å². The third-order valence-electron chi connectivity index (χ3n) is 3.68. The molecule has 0 unspecified atom stereocenters. The van der Waals surface area contributed by atoms with Gasteiger partial charge in [-0.05, 0) is 30.7 Å². The maximum atomic E-state index is 12.4. The number of anilines is 1. The van der Waals surface area contributed by atoms with E-state index in [1.165, 1.54) is 0 Å². The minimum atomic E-state index is -0.662. The van der Waals surface area contributed by atoms with Crippen LogP contribution in [0.3, 0.4) is 0 Å². The first-order chi connectivity index (χ1) is 12.6.